The second-order valence-electron chi connectivity index (χ2n) is 6.29. The maximum atomic E-state index is 11.5. The molecule has 0 aromatic rings. The summed E-state index contributed by atoms with van der Waals surface area (Å²) >= 11 is 0. The van der Waals surface area contributed by atoms with Crippen molar-refractivity contribution in [2.45, 2.75) is 52.1 Å². The number of carbonyl (C=O) groups excluding carboxylic acids is 1. The monoisotopic (exact) mass is 409 g/mol. The maximum Gasteiger partial charge on any atom is 0.307 e. The number of carbonyl (C=O) groups is 1. The fourth-order valence-electron chi connectivity index (χ4n) is 3.13. The molecule has 0 aromatic heterocycles. The van der Waals surface area contributed by atoms with Gasteiger partial charge in [0.25, 0.3) is 0 Å². The summed E-state index contributed by atoms with van der Waals surface area (Å²) in [6.07, 6.45) is 5.72. The zero-order valence-electron chi connectivity index (χ0n) is 13.4. The second kappa shape index (κ2) is 8.19. The topological polar surface area (TPSA) is 53.9 Å². The van der Waals surface area contributed by atoms with Gasteiger partial charge in [0.05, 0.1) is 12.5 Å². The van der Waals surface area contributed by atoms with Crippen molar-refractivity contribution in [1.29, 1.82) is 0 Å². The molecule has 2 rings (SSSR count). The zero-order chi connectivity index (χ0) is 14.6. The second-order valence-corrected chi connectivity index (χ2v) is 6.29. The Morgan fingerprint density at radius 3 is 2.57 bits per heavy atom. The minimum atomic E-state index is -0.153. The average Bonchev–Trinajstić information content (AvgIpc) is 2.78. The molecule has 0 bridgehead atoms. The van der Waals surface area contributed by atoms with Crippen LogP contribution in [0.25, 0.3) is 0 Å². The minimum Gasteiger partial charge on any atom is -0.463 e. The number of guanidine groups is 1. The van der Waals surface area contributed by atoms with Gasteiger partial charge in [0.1, 0.15) is 0 Å². The summed E-state index contributed by atoms with van der Waals surface area (Å²) in [4.78, 5) is 18.1. The molecule has 1 heterocycles. The highest BCUT2D eigenvalue weighted by Crippen LogP contribution is 2.47. The Balaban J connectivity index is 0.00000220. The van der Waals surface area contributed by atoms with E-state index in [0.717, 1.165) is 19.0 Å². The Labute approximate surface area is 144 Å². The Morgan fingerprint density at radius 1 is 1.38 bits per heavy atom. The summed E-state index contributed by atoms with van der Waals surface area (Å²) in [6, 6.07) is 0. The predicted molar refractivity (Wildman–Crippen MR) is 95.1 cm³/mol. The van der Waals surface area contributed by atoms with Crippen LogP contribution < -0.4 is 5.32 Å². The van der Waals surface area contributed by atoms with Gasteiger partial charge in [0.15, 0.2) is 5.96 Å². The average molecular weight is 409 g/mol. The molecule has 0 atom stereocenters. The summed E-state index contributed by atoms with van der Waals surface area (Å²) in [6.45, 7) is 6.51. The Hall–Kier alpha value is -0.530. The van der Waals surface area contributed by atoms with Crippen LogP contribution in [-0.4, -0.2) is 49.6 Å². The first kappa shape index (κ1) is 18.5. The van der Waals surface area contributed by atoms with E-state index in [1.165, 1.54) is 25.7 Å². The number of rotatable bonds is 4. The lowest BCUT2D eigenvalue weighted by molar-refractivity contribution is -0.147. The van der Waals surface area contributed by atoms with Gasteiger partial charge in [-0.15, -0.1) is 24.0 Å². The van der Waals surface area contributed by atoms with E-state index in [2.05, 4.69) is 15.2 Å². The van der Waals surface area contributed by atoms with E-state index in [0.29, 0.717) is 18.4 Å². The third kappa shape index (κ3) is 5.00. The molecule has 122 valence electrons. The summed E-state index contributed by atoms with van der Waals surface area (Å²) in [5.41, 5.74) is 0.564. The van der Waals surface area contributed by atoms with Crippen LogP contribution in [0.3, 0.4) is 0 Å². The van der Waals surface area contributed by atoms with Crippen molar-refractivity contribution in [3.8, 4) is 0 Å². The zero-order valence-corrected chi connectivity index (χ0v) is 15.7. The van der Waals surface area contributed by atoms with E-state index in [1.807, 2.05) is 13.8 Å². The standard InChI is InChI=1S/C15H27N3O2.HI/c1-12(2)20-13(19)5-9-17-14(16-3)18-10-8-15(11-18)6-4-7-15;/h12H,4-11H2,1-3H3,(H,16,17);1H. The Bertz CT molecular complexity index is 381. The number of likely N-dealkylation sites (tertiary alicyclic amines) is 1. The summed E-state index contributed by atoms with van der Waals surface area (Å²) in [7, 11) is 1.81. The molecule has 1 saturated heterocycles. The van der Waals surface area contributed by atoms with Crippen LogP contribution in [0.15, 0.2) is 4.99 Å². The van der Waals surface area contributed by atoms with Gasteiger partial charge in [-0.2, -0.15) is 0 Å². The van der Waals surface area contributed by atoms with Crippen LogP contribution in [0.4, 0.5) is 0 Å². The van der Waals surface area contributed by atoms with E-state index in [4.69, 9.17) is 4.74 Å². The van der Waals surface area contributed by atoms with Crippen molar-refractivity contribution >= 4 is 35.9 Å². The van der Waals surface area contributed by atoms with Crippen molar-refractivity contribution in [3.63, 3.8) is 0 Å². The highest BCUT2D eigenvalue weighted by atomic mass is 127. The van der Waals surface area contributed by atoms with Crippen molar-refractivity contribution in [1.82, 2.24) is 10.2 Å². The molecule has 0 radical (unpaired) electrons. The molecule has 2 aliphatic rings. The maximum absolute atomic E-state index is 11.5. The fourth-order valence-corrected chi connectivity index (χ4v) is 3.13. The molecule has 1 spiro atoms. The molecular weight excluding hydrogens is 381 g/mol. The van der Waals surface area contributed by atoms with Crippen LogP contribution in [0.1, 0.15) is 46.0 Å². The van der Waals surface area contributed by atoms with E-state index < -0.39 is 0 Å². The van der Waals surface area contributed by atoms with Crippen LogP contribution >= 0.6 is 24.0 Å². The molecule has 1 saturated carbocycles. The molecule has 21 heavy (non-hydrogen) atoms. The molecule has 1 aliphatic heterocycles. The number of ether oxygens (including phenoxy) is 1. The molecule has 1 aliphatic carbocycles. The third-order valence-electron chi connectivity index (χ3n) is 4.34. The molecule has 0 amide bonds. The number of halogens is 1. The lowest BCUT2D eigenvalue weighted by Gasteiger charge is -2.38. The summed E-state index contributed by atoms with van der Waals surface area (Å²) in [5, 5.41) is 3.28. The van der Waals surface area contributed by atoms with Gasteiger partial charge >= 0.3 is 5.97 Å². The lowest BCUT2D eigenvalue weighted by Crippen LogP contribution is -2.43. The first-order valence-electron chi connectivity index (χ1n) is 7.70. The largest absolute Gasteiger partial charge is 0.463 e. The summed E-state index contributed by atoms with van der Waals surface area (Å²) < 4.78 is 5.12. The van der Waals surface area contributed by atoms with Gasteiger partial charge in [-0.25, -0.2) is 0 Å². The molecule has 1 N–H and O–H groups in total. The normalized spacial score (nSPS) is 20.2. The lowest BCUT2D eigenvalue weighted by atomic mass is 9.68. The van der Waals surface area contributed by atoms with Crippen molar-refractivity contribution in [3.05, 3.63) is 0 Å². The number of nitrogens with zero attached hydrogens (tertiary/aromatic N) is 2. The smallest absolute Gasteiger partial charge is 0.307 e. The van der Waals surface area contributed by atoms with Gasteiger partial charge in [-0.1, -0.05) is 6.42 Å². The first-order valence-corrected chi connectivity index (χ1v) is 7.70. The fraction of sp³-hybridized carbons (Fsp3) is 0.867. The van der Waals surface area contributed by atoms with Crippen LogP contribution in [0, 0.1) is 5.41 Å². The van der Waals surface area contributed by atoms with Gasteiger partial charge in [-0.3, -0.25) is 9.79 Å². The minimum absolute atomic E-state index is 0. The third-order valence-corrected chi connectivity index (χ3v) is 4.34. The van der Waals surface area contributed by atoms with Crippen molar-refractivity contribution < 1.29 is 9.53 Å². The number of aliphatic imine (C=N–C) groups is 1. The highest BCUT2D eigenvalue weighted by molar-refractivity contribution is 14.0. The van der Waals surface area contributed by atoms with Gasteiger partial charge < -0.3 is 15.0 Å². The van der Waals surface area contributed by atoms with E-state index >= 15 is 0 Å². The Kier molecular flexibility index (Phi) is 7.23. The Morgan fingerprint density at radius 2 is 2.10 bits per heavy atom. The molecule has 6 heteroatoms. The van der Waals surface area contributed by atoms with E-state index in [-0.39, 0.29) is 36.0 Å². The van der Waals surface area contributed by atoms with Gasteiger partial charge in [0.2, 0.25) is 0 Å². The summed E-state index contributed by atoms with van der Waals surface area (Å²) in [5.74, 6) is 0.769. The van der Waals surface area contributed by atoms with E-state index in [9.17, 15) is 4.79 Å². The quantitative estimate of drug-likeness (QED) is 0.335. The van der Waals surface area contributed by atoms with Crippen molar-refractivity contribution in [2.24, 2.45) is 10.4 Å². The van der Waals surface area contributed by atoms with Crippen LogP contribution in [0.5, 0.6) is 0 Å². The number of hydrogen-bond donors (Lipinski definition) is 1. The molecule has 0 unspecified atom stereocenters. The van der Waals surface area contributed by atoms with Gasteiger partial charge in [-0.05, 0) is 38.5 Å². The molecular formula is C15H28IN3O2. The number of nitrogens with one attached hydrogen (secondary N) is 1. The molecule has 0 aromatic carbocycles. The SMILES string of the molecule is CN=C(NCCC(=O)OC(C)C)N1CCC2(CCC2)C1.I. The van der Waals surface area contributed by atoms with Crippen LogP contribution in [-0.2, 0) is 9.53 Å². The number of hydrogen-bond acceptors (Lipinski definition) is 3. The van der Waals surface area contributed by atoms with Crippen molar-refractivity contribution in [2.75, 3.05) is 26.7 Å². The van der Waals surface area contributed by atoms with Crippen LogP contribution in [0.2, 0.25) is 0 Å². The molecule has 2 fully saturated rings. The molecule has 5 nitrogen and oxygen atoms in total. The predicted octanol–water partition coefficient (Wildman–Crippen LogP) is 2.40. The highest BCUT2D eigenvalue weighted by Gasteiger charge is 2.43. The van der Waals surface area contributed by atoms with E-state index in [1.54, 1.807) is 7.05 Å². The number of esters is 1. The first-order chi connectivity index (χ1) is 9.54. The van der Waals surface area contributed by atoms with Gasteiger partial charge in [0, 0.05) is 26.7 Å².